The maximum atomic E-state index is 6.18. The van der Waals surface area contributed by atoms with Crippen molar-refractivity contribution in [1.29, 1.82) is 0 Å². The van der Waals surface area contributed by atoms with E-state index in [-0.39, 0.29) is 12.1 Å². The summed E-state index contributed by atoms with van der Waals surface area (Å²) in [5.74, 6) is 2.09. The molecule has 1 aliphatic rings. The lowest BCUT2D eigenvalue weighted by Gasteiger charge is -2.27. The zero-order valence-electron chi connectivity index (χ0n) is 10.5. The number of ether oxygens (including phenoxy) is 1. The lowest BCUT2D eigenvalue weighted by molar-refractivity contribution is 0.0569. The quantitative estimate of drug-likeness (QED) is 0.885. The van der Waals surface area contributed by atoms with Crippen LogP contribution in [0.2, 0.25) is 0 Å². The van der Waals surface area contributed by atoms with Crippen molar-refractivity contribution in [2.45, 2.75) is 38.5 Å². The summed E-state index contributed by atoms with van der Waals surface area (Å²) in [4.78, 5) is 0. The maximum Gasteiger partial charge on any atom is 0.0820 e. The zero-order chi connectivity index (χ0) is 12.3. The Kier molecular flexibility index (Phi) is 4.48. The molecule has 0 aliphatic carbocycles. The van der Waals surface area contributed by atoms with Crippen LogP contribution in [-0.4, -0.2) is 40.0 Å². The summed E-state index contributed by atoms with van der Waals surface area (Å²) in [6, 6.07) is 2.51. The van der Waals surface area contributed by atoms with E-state index >= 15 is 0 Å². The molecule has 2 atom stereocenters. The molecule has 1 aromatic heterocycles. The fraction of sp³-hybridized carbons (Fsp3) is 0.750. The zero-order valence-corrected chi connectivity index (χ0v) is 11.3. The third-order valence-electron chi connectivity index (χ3n) is 2.96. The Morgan fingerprint density at radius 3 is 3.06 bits per heavy atom. The van der Waals surface area contributed by atoms with Gasteiger partial charge in [-0.25, -0.2) is 0 Å². The molecule has 0 bridgehead atoms. The van der Waals surface area contributed by atoms with Crippen LogP contribution in [-0.2, 0) is 11.2 Å². The van der Waals surface area contributed by atoms with Gasteiger partial charge in [0.1, 0.15) is 0 Å². The number of rotatable bonds is 4. The third-order valence-corrected chi connectivity index (χ3v) is 3.98. The van der Waals surface area contributed by atoms with Gasteiger partial charge in [-0.2, -0.15) is 16.9 Å². The molecule has 0 radical (unpaired) electrons. The molecule has 4 nitrogen and oxygen atoms in total. The Morgan fingerprint density at radius 1 is 1.65 bits per heavy atom. The first-order valence-electron chi connectivity index (χ1n) is 6.16. The van der Waals surface area contributed by atoms with Gasteiger partial charge in [0.15, 0.2) is 0 Å². The van der Waals surface area contributed by atoms with Crippen molar-refractivity contribution in [2.75, 3.05) is 18.1 Å². The predicted octanol–water partition coefficient (Wildman–Crippen LogP) is 1.47. The van der Waals surface area contributed by atoms with E-state index < -0.39 is 0 Å². The minimum atomic E-state index is 0.0540. The van der Waals surface area contributed by atoms with E-state index in [0.717, 1.165) is 30.2 Å². The van der Waals surface area contributed by atoms with Gasteiger partial charge in [0, 0.05) is 36.2 Å². The molecule has 17 heavy (non-hydrogen) atoms. The predicted molar refractivity (Wildman–Crippen MR) is 71.4 cm³/mol. The van der Waals surface area contributed by atoms with Crippen molar-refractivity contribution >= 4 is 11.8 Å². The average molecular weight is 255 g/mol. The average Bonchev–Trinajstić information content (AvgIpc) is 2.79. The summed E-state index contributed by atoms with van der Waals surface area (Å²) in [7, 11) is 0. The molecule has 1 aromatic rings. The van der Waals surface area contributed by atoms with Crippen LogP contribution in [0.25, 0.3) is 0 Å². The monoisotopic (exact) mass is 255 g/mol. The smallest absolute Gasteiger partial charge is 0.0820 e. The lowest BCUT2D eigenvalue weighted by Crippen LogP contribution is -2.42. The van der Waals surface area contributed by atoms with Crippen LogP contribution in [0.5, 0.6) is 0 Å². The molecule has 0 saturated carbocycles. The fourth-order valence-corrected chi connectivity index (χ4v) is 2.86. The molecule has 0 spiro atoms. The van der Waals surface area contributed by atoms with E-state index in [1.165, 1.54) is 0 Å². The summed E-state index contributed by atoms with van der Waals surface area (Å²) in [5.41, 5.74) is 7.24. The van der Waals surface area contributed by atoms with Gasteiger partial charge in [0.25, 0.3) is 0 Å². The molecule has 2 heterocycles. The minimum Gasteiger partial charge on any atom is -0.375 e. The van der Waals surface area contributed by atoms with E-state index in [9.17, 15) is 0 Å². The number of thioether (sulfide) groups is 1. The number of hydrogen-bond donors (Lipinski definition) is 1. The molecule has 1 saturated heterocycles. The number of hydrogen-bond acceptors (Lipinski definition) is 4. The van der Waals surface area contributed by atoms with Crippen LogP contribution < -0.4 is 5.73 Å². The van der Waals surface area contributed by atoms with E-state index in [0.29, 0.717) is 6.04 Å². The highest BCUT2D eigenvalue weighted by atomic mass is 32.2. The largest absolute Gasteiger partial charge is 0.375 e. The van der Waals surface area contributed by atoms with Gasteiger partial charge in [-0.15, -0.1) is 0 Å². The van der Waals surface area contributed by atoms with Crippen molar-refractivity contribution in [3.05, 3.63) is 18.0 Å². The van der Waals surface area contributed by atoms with Crippen molar-refractivity contribution in [3.63, 3.8) is 0 Å². The van der Waals surface area contributed by atoms with Crippen molar-refractivity contribution in [3.8, 4) is 0 Å². The Hall–Kier alpha value is -0.520. The van der Waals surface area contributed by atoms with Crippen LogP contribution in [0.3, 0.4) is 0 Å². The van der Waals surface area contributed by atoms with Gasteiger partial charge in [-0.05, 0) is 19.9 Å². The van der Waals surface area contributed by atoms with E-state index in [1.54, 1.807) is 0 Å². The Labute approximate surface area is 107 Å². The molecule has 5 heteroatoms. The van der Waals surface area contributed by atoms with Gasteiger partial charge in [-0.1, -0.05) is 0 Å². The van der Waals surface area contributed by atoms with E-state index in [4.69, 9.17) is 10.5 Å². The molecule has 2 N–H and O–H groups in total. The van der Waals surface area contributed by atoms with Crippen LogP contribution in [0.1, 0.15) is 25.6 Å². The second kappa shape index (κ2) is 5.89. The molecule has 2 rings (SSSR count). The molecule has 1 fully saturated rings. The van der Waals surface area contributed by atoms with Crippen LogP contribution >= 0.6 is 11.8 Å². The normalized spacial score (nSPS) is 22.9. The van der Waals surface area contributed by atoms with Gasteiger partial charge in [0.2, 0.25) is 0 Å². The molecule has 96 valence electrons. The summed E-state index contributed by atoms with van der Waals surface area (Å²) < 4.78 is 7.66. The molecule has 0 amide bonds. The molecular formula is C12H21N3OS. The van der Waals surface area contributed by atoms with Crippen molar-refractivity contribution < 1.29 is 4.74 Å². The first kappa shape index (κ1) is 12.9. The highest BCUT2D eigenvalue weighted by Gasteiger charge is 2.22. The van der Waals surface area contributed by atoms with Crippen molar-refractivity contribution in [2.24, 2.45) is 5.73 Å². The summed E-state index contributed by atoms with van der Waals surface area (Å²) in [5, 5.41) is 4.52. The number of aromatic nitrogens is 2. The van der Waals surface area contributed by atoms with Gasteiger partial charge in [0.05, 0.1) is 18.4 Å². The third kappa shape index (κ3) is 3.47. The van der Waals surface area contributed by atoms with Crippen LogP contribution in [0, 0.1) is 0 Å². The van der Waals surface area contributed by atoms with Crippen LogP contribution in [0.4, 0.5) is 0 Å². The topological polar surface area (TPSA) is 53.1 Å². The number of nitrogens with zero attached hydrogens (tertiary/aromatic N) is 2. The SMILES string of the molecule is CC(C)n1ccc(CC(N)C2CSCCO2)n1. The highest BCUT2D eigenvalue weighted by Crippen LogP contribution is 2.16. The van der Waals surface area contributed by atoms with E-state index in [1.807, 2.05) is 22.6 Å². The highest BCUT2D eigenvalue weighted by molar-refractivity contribution is 7.99. The van der Waals surface area contributed by atoms with Crippen molar-refractivity contribution in [1.82, 2.24) is 9.78 Å². The number of nitrogens with two attached hydrogens (primary N) is 1. The minimum absolute atomic E-state index is 0.0540. The Balaban J connectivity index is 1.90. The first-order valence-corrected chi connectivity index (χ1v) is 7.31. The van der Waals surface area contributed by atoms with Crippen LogP contribution in [0.15, 0.2) is 12.3 Å². The summed E-state index contributed by atoms with van der Waals surface area (Å²) in [6.07, 6.45) is 2.99. The molecule has 1 aliphatic heterocycles. The second-order valence-electron chi connectivity index (χ2n) is 4.73. The van der Waals surface area contributed by atoms with Gasteiger partial charge < -0.3 is 10.5 Å². The maximum absolute atomic E-state index is 6.18. The Morgan fingerprint density at radius 2 is 2.47 bits per heavy atom. The summed E-state index contributed by atoms with van der Waals surface area (Å²) in [6.45, 7) is 5.07. The van der Waals surface area contributed by atoms with Gasteiger partial charge >= 0.3 is 0 Å². The summed E-state index contributed by atoms with van der Waals surface area (Å²) >= 11 is 1.92. The fourth-order valence-electron chi connectivity index (χ4n) is 1.90. The van der Waals surface area contributed by atoms with Gasteiger partial charge in [-0.3, -0.25) is 4.68 Å². The van der Waals surface area contributed by atoms with E-state index in [2.05, 4.69) is 25.0 Å². The lowest BCUT2D eigenvalue weighted by atomic mass is 10.1. The standard InChI is InChI=1S/C12H21N3OS/c1-9(2)15-4-3-10(14-15)7-11(13)12-8-17-6-5-16-12/h3-4,9,11-12H,5-8,13H2,1-2H3. The molecule has 2 unspecified atom stereocenters. The molecular weight excluding hydrogens is 234 g/mol. The Bertz CT molecular complexity index is 347. The second-order valence-corrected chi connectivity index (χ2v) is 5.88. The molecule has 0 aromatic carbocycles. The first-order chi connectivity index (χ1) is 8.16.